The summed E-state index contributed by atoms with van der Waals surface area (Å²) in [6.07, 6.45) is 2.64. The van der Waals surface area contributed by atoms with E-state index in [1.165, 1.54) is 0 Å². The second kappa shape index (κ2) is 8.25. The van der Waals surface area contributed by atoms with Crippen molar-refractivity contribution in [3.8, 4) is 11.9 Å². The Balaban J connectivity index is 1.50. The van der Waals surface area contributed by atoms with E-state index in [1.807, 2.05) is 43.1 Å². The maximum Gasteiger partial charge on any atom is 0.352 e. The molecule has 0 spiro atoms. The van der Waals surface area contributed by atoms with Crippen LogP contribution in [-0.4, -0.2) is 28.1 Å². The van der Waals surface area contributed by atoms with Gasteiger partial charge in [0.1, 0.15) is 18.5 Å². The second-order valence-electron chi connectivity index (χ2n) is 7.26. The van der Waals surface area contributed by atoms with E-state index < -0.39 is 0 Å². The van der Waals surface area contributed by atoms with Gasteiger partial charge in [0.05, 0.1) is 23.1 Å². The SMILES string of the molecule is Cc1ccc(Nc2ccc(COc3cc4n(c(=O)n3)CCCN4C)cc2C#N)cn1. The van der Waals surface area contributed by atoms with Crippen LogP contribution in [0.1, 0.15) is 23.2 Å². The quantitative estimate of drug-likeness (QED) is 0.701. The van der Waals surface area contributed by atoms with Gasteiger partial charge in [-0.25, -0.2) is 4.79 Å². The molecule has 0 saturated carbocycles. The molecule has 1 aliphatic heterocycles. The number of nitriles is 1. The van der Waals surface area contributed by atoms with Crippen LogP contribution in [0.3, 0.4) is 0 Å². The largest absolute Gasteiger partial charge is 0.473 e. The Bertz CT molecular complexity index is 1160. The van der Waals surface area contributed by atoms with Crippen LogP contribution in [0, 0.1) is 18.3 Å². The number of hydrogen-bond donors (Lipinski definition) is 1. The van der Waals surface area contributed by atoms with Gasteiger partial charge >= 0.3 is 5.69 Å². The van der Waals surface area contributed by atoms with Gasteiger partial charge in [-0.15, -0.1) is 0 Å². The van der Waals surface area contributed by atoms with E-state index >= 15 is 0 Å². The summed E-state index contributed by atoms with van der Waals surface area (Å²) >= 11 is 0. The van der Waals surface area contributed by atoms with Crippen molar-refractivity contribution >= 4 is 17.2 Å². The molecule has 1 aliphatic rings. The number of pyridine rings is 1. The van der Waals surface area contributed by atoms with Gasteiger partial charge in [0.25, 0.3) is 0 Å². The van der Waals surface area contributed by atoms with Crippen molar-refractivity contribution in [1.29, 1.82) is 5.26 Å². The molecule has 1 N–H and O–H groups in total. The Morgan fingerprint density at radius 1 is 1.23 bits per heavy atom. The standard InChI is InChI=1S/C22H22N6O2/c1-15-4-6-18(13-24-15)25-19-7-5-16(10-17(19)12-23)14-30-20-11-21-27(2)8-3-9-28(21)22(29)26-20/h4-7,10-11,13,25H,3,8-9,14H2,1-2H3. The first-order valence-corrected chi connectivity index (χ1v) is 9.72. The Kier molecular flexibility index (Phi) is 5.35. The van der Waals surface area contributed by atoms with E-state index in [0.29, 0.717) is 17.8 Å². The molecule has 30 heavy (non-hydrogen) atoms. The van der Waals surface area contributed by atoms with Crippen LogP contribution < -0.4 is 20.6 Å². The lowest BCUT2D eigenvalue weighted by Crippen LogP contribution is -2.36. The maximum atomic E-state index is 12.3. The fourth-order valence-corrected chi connectivity index (χ4v) is 3.39. The summed E-state index contributed by atoms with van der Waals surface area (Å²) in [5.74, 6) is 1.09. The Morgan fingerprint density at radius 3 is 2.87 bits per heavy atom. The molecule has 1 aromatic carbocycles. The average molecular weight is 402 g/mol. The van der Waals surface area contributed by atoms with Gasteiger partial charge in [0.2, 0.25) is 5.88 Å². The van der Waals surface area contributed by atoms with Gasteiger partial charge in [-0.2, -0.15) is 10.2 Å². The van der Waals surface area contributed by atoms with Crippen LogP contribution in [0.4, 0.5) is 17.2 Å². The molecule has 0 aliphatic carbocycles. The van der Waals surface area contributed by atoms with Crippen molar-refractivity contribution in [1.82, 2.24) is 14.5 Å². The minimum Gasteiger partial charge on any atom is -0.473 e. The van der Waals surface area contributed by atoms with Crippen molar-refractivity contribution in [2.24, 2.45) is 0 Å². The summed E-state index contributed by atoms with van der Waals surface area (Å²) < 4.78 is 7.42. The summed E-state index contributed by atoms with van der Waals surface area (Å²) in [4.78, 5) is 22.6. The molecule has 0 fully saturated rings. The molecular weight excluding hydrogens is 380 g/mol. The van der Waals surface area contributed by atoms with Crippen LogP contribution >= 0.6 is 0 Å². The number of ether oxygens (including phenoxy) is 1. The smallest absolute Gasteiger partial charge is 0.352 e. The van der Waals surface area contributed by atoms with E-state index in [2.05, 4.69) is 21.4 Å². The first-order chi connectivity index (χ1) is 14.5. The van der Waals surface area contributed by atoms with Crippen LogP contribution in [0.5, 0.6) is 5.88 Å². The summed E-state index contributed by atoms with van der Waals surface area (Å²) in [5, 5.41) is 12.8. The number of nitrogens with zero attached hydrogens (tertiary/aromatic N) is 5. The topological polar surface area (TPSA) is 96.1 Å². The number of nitrogens with one attached hydrogen (secondary N) is 1. The van der Waals surface area contributed by atoms with Gasteiger partial charge < -0.3 is 15.0 Å². The summed E-state index contributed by atoms with van der Waals surface area (Å²) in [7, 11) is 1.95. The molecule has 8 nitrogen and oxygen atoms in total. The monoisotopic (exact) mass is 402 g/mol. The van der Waals surface area contributed by atoms with E-state index in [1.54, 1.807) is 22.9 Å². The molecule has 4 rings (SSSR count). The minimum absolute atomic E-state index is 0.209. The molecule has 3 aromatic rings. The van der Waals surface area contributed by atoms with Gasteiger partial charge in [-0.05, 0) is 43.2 Å². The number of aryl methyl sites for hydroxylation is 1. The van der Waals surface area contributed by atoms with Crippen LogP contribution in [0.25, 0.3) is 0 Å². The second-order valence-corrected chi connectivity index (χ2v) is 7.26. The molecule has 0 radical (unpaired) electrons. The molecule has 0 unspecified atom stereocenters. The highest BCUT2D eigenvalue weighted by Gasteiger charge is 2.17. The molecule has 2 aromatic heterocycles. The van der Waals surface area contributed by atoms with Crippen molar-refractivity contribution in [3.05, 3.63) is 69.9 Å². The number of anilines is 3. The highest BCUT2D eigenvalue weighted by atomic mass is 16.5. The lowest BCUT2D eigenvalue weighted by atomic mass is 10.1. The Morgan fingerprint density at radius 2 is 2.10 bits per heavy atom. The summed E-state index contributed by atoms with van der Waals surface area (Å²) in [5.41, 5.74) is 3.43. The zero-order valence-electron chi connectivity index (χ0n) is 16.9. The van der Waals surface area contributed by atoms with Crippen molar-refractivity contribution < 1.29 is 4.74 Å². The van der Waals surface area contributed by atoms with Crippen LogP contribution in [0.2, 0.25) is 0 Å². The first-order valence-electron chi connectivity index (χ1n) is 9.72. The van der Waals surface area contributed by atoms with Gasteiger partial charge in [0.15, 0.2) is 0 Å². The molecule has 3 heterocycles. The Hall–Kier alpha value is -3.86. The van der Waals surface area contributed by atoms with E-state index in [0.717, 1.165) is 35.7 Å². The van der Waals surface area contributed by atoms with Gasteiger partial charge in [0, 0.05) is 31.9 Å². The van der Waals surface area contributed by atoms with Crippen LogP contribution in [0.15, 0.2) is 47.4 Å². The number of aromatic nitrogens is 3. The fourth-order valence-electron chi connectivity index (χ4n) is 3.39. The molecule has 0 amide bonds. The van der Waals surface area contributed by atoms with E-state index in [4.69, 9.17) is 4.74 Å². The first kappa shape index (κ1) is 19.5. The zero-order valence-corrected chi connectivity index (χ0v) is 16.9. The van der Waals surface area contributed by atoms with E-state index in [9.17, 15) is 10.1 Å². The molecule has 8 heteroatoms. The molecule has 0 saturated heterocycles. The number of fused-ring (bicyclic) bond motifs is 1. The van der Waals surface area contributed by atoms with Crippen molar-refractivity contribution in [2.45, 2.75) is 26.5 Å². The Labute approximate surface area is 174 Å². The predicted molar refractivity (Wildman–Crippen MR) is 114 cm³/mol. The van der Waals surface area contributed by atoms with Gasteiger partial charge in [-0.1, -0.05) is 6.07 Å². The maximum absolute atomic E-state index is 12.3. The average Bonchev–Trinajstić information content (AvgIpc) is 2.75. The fraction of sp³-hybridized carbons (Fsp3) is 0.273. The molecule has 0 atom stereocenters. The summed E-state index contributed by atoms with van der Waals surface area (Å²) in [6.45, 7) is 3.69. The third kappa shape index (κ3) is 4.10. The minimum atomic E-state index is -0.307. The lowest BCUT2D eigenvalue weighted by Gasteiger charge is -2.28. The number of hydrogen-bond acceptors (Lipinski definition) is 7. The highest BCUT2D eigenvalue weighted by molar-refractivity contribution is 5.66. The lowest BCUT2D eigenvalue weighted by molar-refractivity contribution is 0.290. The molecule has 0 bridgehead atoms. The number of benzene rings is 1. The van der Waals surface area contributed by atoms with E-state index in [-0.39, 0.29) is 18.2 Å². The van der Waals surface area contributed by atoms with Crippen LogP contribution in [-0.2, 0) is 13.2 Å². The normalized spacial score (nSPS) is 12.8. The predicted octanol–water partition coefficient (Wildman–Crippen LogP) is 2.98. The highest BCUT2D eigenvalue weighted by Crippen LogP contribution is 2.24. The van der Waals surface area contributed by atoms with Gasteiger partial charge in [-0.3, -0.25) is 9.55 Å². The van der Waals surface area contributed by atoms with Crippen molar-refractivity contribution in [3.63, 3.8) is 0 Å². The molecular formula is C22H22N6O2. The third-order valence-electron chi connectivity index (χ3n) is 5.01. The molecule has 152 valence electrons. The third-order valence-corrected chi connectivity index (χ3v) is 5.01. The zero-order chi connectivity index (χ0) is 21.1. The van der Waals surface area contributed by atoms with Crippen molar-refractivity contribution in [2.75, 3.05) is 23.8 Å². The summed E-state index contributed by atoms with van der Waals surface area (Å²) in [6, 6.07) is 13.3. The number of rotatable bonds is 5.